The highest BCUT2D eigenvalue weighted by Gasteiger charge is 2.18. The molecular formula is C34H66N2O7S. The third kappa shape index (κ3) is 25.9. The van der Waals surface area contributed by atoms with Crippen molar-refractivity contribution in [1.82, 2.24) is 9.80 Å². The van der Waals surface area contributed by atoms with Gasteiger partial charge in [-0.3, -0.25) is 14.4 Å². The number of nitrogens with zero attached hydrogens (tertiary/aromatic N) is 2. The molecule has 0 heterocycles. The summed E-state index contributed by atoms with van der Waals surface area (Å²) < 4.78 is 10.7. The van der Waals surface area contributed by atoms with Crippen LogP contribution >= 0.6 is 11.8 Å². The van der Waals surface area contributed by atoms with Gasteiger partial charge in [0.2, 0.25) is 0 Å². The molecule has 260 valence electrons. The molecule has 1 amide bonds. The summed E-state index contributed by atoms with van der Waals surface area (Å²) in [7, 11) is 1.36. The summed E-state index contributed by atoms with van der Waals surface area (Å²) in [6.07, 6.45) is 17.5. The Morgan fingerprint density at radius 1 is 0.636 bits per heavy atom. The first-order valence-corrected chi connectivity index (χ1v) is 18.5. The Morgan fingerprint density at radius 2 is 1.14 bits per heavy atom. The smallest absolute Gasteiger partial charge is 0.306 e. The Balaban J connectivity index is 4.83. The van der Waals surface area contributed by atoms with Gasteiger partial charge in [0.25, 0.3) is 5.24 Å². The molecule has 0 saturated carbocycles. The molecule has 44 heavy (non-hydrogen) atoms. The van der Waals surface area contributed by atoms with Gasteiger partial charge in [0.05, 0.1) is 7.11 Å². The normalized spacial score (nSPS) is 11.3. The van der Waals surface area contributed by atoms with E-state index < -0.39 is 0 Å². The lowest BCUT2D eigenvalue weighted by Crippen LogP contribution is -2.31. The number of rotatable bonds is 31. The van der Waals surface area contributed by atoms with Crippen LogP contribution in [0.4, 0.5) is 4.79 Å². The number of carbonyl (C=O) groups excluding carboxylic acids is 3. The van der Waals surface area contributed by atoms with Crippen molar-refractivity contribution in [2.75, 3.05) is 58.8 Å². The number of aliphatic hydroxyl groups is 2. The third-order valence-corrected chi connectivity index (χ3v) is 8.77. The molecule has 0 aliphatic heterocycles. The number of unbranched alkanes of at least 4 members (excludes halogenated alkanes) is 8. The molecule has 10 heteroatoms. The SMILES string of the molecule is CCCCCCCC(CCCCCCC)OC(=O)CCCN(CCCC(=O)OC)C(=O)SCCCN(CCCO)CCCO. The fraction of sp³-hybridized carbons (Fsp3) is 0.912. The van der Waals surface area contributed by atoms with Crippen LogP contribution in [0.3, 0.4) is 0 Å². The molecule has 0 aromatic rings. The molecule has 0 spiro atoms. The molecule has 0 bridgehead atoms. The van der Waals surface area contributed by atoms with Crippen LogP contribution in [0.5, 0.6) is 0 Å². The average Bonchev–Trinajstić information content (AvgIpc) is 3.02. The van der Waals surface area contributed by atoms with E-state index in [1.54, 1.807) is 4.90 Å². The summed E-state index contributed by atoms with van der Waals surface area (Å²) in [5.74, 6) is 0.175. The highest BCUT2D eigenvalue weighted by molar-refractivity contribution is 8.13. The Morgan fingerprint density at radius 3 is 1.64 bits per heavy atom. The van der Waals surface area contributed by atoms with Gasteiger partial charge >= 0.3 is 11.9 Å². The largest absolute Gasteiger partial charge is 0.469 e. The van der Waals surface area contributed by atoms with Gasteiger partial charge in [0.15, 0.2) is 0 Å². The Labute approximate surface area is 273 Å². The maximum absolute atomic E-state index is 13.1. The molecule has 0 saturated heterocycles. The van der Waals surface area contributed by atoms with Crippen LogP contribution in [-0.4, -0.2) is 102 Å². The van der Waals surface area contributed by atoms with Gasteiger partial charge in [-0.2, -0.15) is 0 Å². The minimum atomic E-state index is -0.296. The van der Waals surface area contributed by atoms with E-state index in [9.17, 15) is 14.4 Å². The number of hydrogen-bond donors (Lipinski definition) is 2. The average molecular weight is 647 g/mol. The molecule has 0 rings (SSSR count). The molecule has 0 unspecified atom stereocenters. The first-order valence-electron chi connectivity index (χ1n) is 17.5. The summed E-state index contributed by atoms with van der Waals surface area (Å²) in [6.45, 7) is 7.91. The number of thioether (sulfide) groups is 1. The second-order valence-corrected chi connectivity index (χ2v) is 12.8. The topological polar surface area (TPSA) is 117 Å². The van der Waals surface area contributed by atoms with Crippen LogP contribution in [0.25, 0.3) is 0 Å². The lowest BCUT2D eigenvalue weighted by molar-refractivity contribution is -0.150. The minimum absolute atomic E-state index is 0.0200. The molecule has 0 aliphatic carbocycles. The van der Waals surface area contributed by atoms with E-state index in [0.29, 0.717) is 44.5 Å². The van der Waals surface area contributed by atoms with Crippen molar-refractivity contribution in [1.29, 1.82) is 0 Å². The highest BCUT2D eigenvalue weighted by atomic mass is 32.2. The lowest BCUT2D eigenvalue weighted by Gasteiger charge is -2.23. The van der Waals surface area contributed by atoms with E-state index in [2.05, 4.69) is 18.7 Å². The molecular weight excluding hydrogens is 580 g/mol. The molecule has 0 aromatic heterocycles. The molecule has 0 aromatic carbocycles. The van der Waals surface area contributed by atoms with Gasteiger partial charge in [-0.15, -0.1) is 0 Å². The van der Waals surface area contributed by atoms with Crippen molar-refractivity contribution in [3.8, 4) is 0 Å². The zero-order valence-corrected chi connectivity index (χ0v) is 29.2. The van der Waals surface area contributed by atoms with Gasteiger partial charge in [-0.05, 0) is 64.3 Å². The van der Waals surface area contributed by atoms with Gasteiger partial charge in [0, 0.05) is 58.0 Å². The van der Waals surface area contributed by atoms with Crippen LogP contribution in [0.1, 0.15) is 136 Å². The van der Waals surface area contributed by atoms with E-state index in [0.717, 1.165) is 51.7 Å². The summed E-state index contributed by atoms with van der Waals surface area (Å²) in [5, 5.41) is 18.3. The maximum atomic E-state index is 13.1. The molecule has 0 radical (unpaired) electrons. The van der Waals surface area contributed by atoms with E-state index in [-0.39, 0.29) is 49.3 Å². The Hall–Kier alpha value is -1.36. The fourth-order valence-corrected chi connectivity index (χ4v) is 5.96. The first kappa shape index (κ1) is 42.6. The lowest BCUT2D eigenvalue weighted by atomic mass is 10.0. The fourth-order valence-electron chi connectivity index (χ4n) is 5.15. The monoisotopic (exact) mass is 646 g/mol. The molecule has 0 atom stereocenters. The van der Waals surface area contributed by atoms with Crippen LogP contribution in [-0.2, 0) is 19.1 Å². The zero-order valence-electron chi connectivity index (χ0n) is 28.4. The summed E-state index contributed by atoms with van der Waals surface area (Å²) in [6, 6.07) is 0. The van der Waals surface area contributed by atoms with Gasteiger partial charge in [-0.25, -0.2) is 0 Å². The number of hydrogen-bond acceptors (Lipinski definition) is 9. The first-order chi connectivity index (χ1) is 21.4. The van der Waals surface area contributed by atoms with Crippen molar-refractivity contribution in [3.63, 3.8) is 0 Å². The number of ether oxygens (including phenoxy) is 2. The number of esters is 2. The number of aliphatic hydroxyl groups excluding tert-OH is 2. The van der Waals surface area contributed by atoms with Crippen molar-refractivity contribution >= 4 is 28.9 Å². The van der Waals surface area contributed by atoms with Gasteiger partial charge in [-0.1, -0.05) is 77.0 Å². The van der Waals surface area contributed by atoms with Crippen LogP contribution < -0.4 is 0 Å². The summed E-state index contributed by atoms with van der Waals surface area (Å²) in [4.78, 5) is 41.5. The molecule has 0 aliphatic rings. The Kier molecular flexibility index (Phi) is 30.6. The molecule has 9 nitrogen and oxygen atoms in total. The zero-order chi connectivity index (χ0) is 32.7. The summed E-state index contributed by atoms with van der Waals surface area (Å²) >= 11 is 1.27. The highest BCUT2D eigenvalue weighted by Crippen LogP contribution is 2.18. The van der Waals surface area contributed by atoms with E-state index in [1.165, 1.54) is 70.2 Å². The quantitative estimate of drug-likeness (QED) is 0.0609. The third-order valence-electron chi connectivity index (χ3n) is 7.77. The van der Waals surface area contributed by atoms with E-state index >= 15 is 0 Å². The maximum Gasteiger partial charge on any atom is 0.306 e. The van der Waals surface area contributed by atoms with Crippen molar-refractivity contribution in [2.45, 2.75) is 142 Å². The van der Waals surface area contributed by atoms with Gasteiger partial charge in [0.1, 0.15) is 6.10 Å². The van der Waals surface area contributed by atoms with E-state index in [4.69, 9.17) is 19.7 Å². The van der Waals surface area contributed by atoms with Crippen LogP contribution in [0.2, 0.25) is 0 Å². The van der Waals surface area contributed by atoms with Gasteiger partial charge < -0.3 is 29.5 Å². The second-order valence-electron chi connectivity index (χ2n) is 11.8. The van der Waals surface area contributed by atoms with Crippen molar-refractivity contribution in [2.24, 2.45) is 0 Å². The minimum Gasteiger partial charge on any atom is -0.469 e. The predicted molar refractivity (Wildman–Crippen MR) is 181 cm³/mol. The van der Waals surface area contributed by atoms with Crippen molar-refractivity contribution in [3.05, 3.63) is 0 Å². The van der Waals surface area contributed by atoms with Crippen molar-refractivity contribution < 1.29 is 34.1 Å². The number of carbonyl (C=O) groups is 3. The van der Waals surface area contributed by atoms with Crippen LogP contribution in [0, 0.1) is 0 Å². The summed E-state index contributed by atoms with van der Waals surface area (Å²) in [5.41, 5.74) is 0. The van der Waals surface area contributed by atoms with E-state index in [1.807, 2.05) is 0 Å². The number of amides is 1. The number of methoxy groups -OCH3 is 1. The standard InChI is InChI=1S/C34H66N2O7S/c1-4-6-8-10-12-19-31(20-13-11-9-7-5-2)43-33(40)22-15-27-36(26-14-21-32(39)42-3)34(41)44-30-18-25-35(23-16-28-37)24-17-29-38/h31,37-38H,4-30H2,1-3H3. The molecule has 0 fully saturated rings. The Bertz CT molecular complexity index is 677. The predicted octanol–water partition coefficient (Wildman–Crippen LogP) is 6.96. The molecule has 2 N–H and O–H groups in total. The van der Waals surface area contributed by atoms with Crippen LogP contribution in [0.15, 0.2) is 0 Å². The second kappa shape index (κ2) is 31.6.